The summed E-state index contributed by atoms with van der Waals surface area (Å²) < 4.78 is 0. The Bertz CT molecular complexity index is 676. The minimum atomic E-state index is -0.717. The van der Waals surface area contributed by atoms with Gasteiger partial charge in [0.05, 0.1) is 17.8 Å². The minimum absolute atomic E-state index is 0.0988. The predicted octanol–water partition coefficient (Wildman–Crippen LogP) is 4.12. The lowest BCUT2D eigenvalue weighted by Crippen LogP contribution is -2.62. The van der Waals surface area contributed by atoms with Crippen molar-refractivity contribution in [1.82, 2.24) is 0 Å². The minimum Gasteiger partial charge on any atom is -0.393 e. The Kier molecular flexibility index (Phi) is 3.77. The Morgan fingerprint density at radius 3 is 2.68 bits per heavy atom. The number of hydrogen-bond acceptors (Lipinski definition) is 3. The molecule has 0 aromatic carbocycles. The van der Waals surface area contributed by atoms with Gasteiger partial charge in [0.2, 0.25) is 0 Å². The average Bonchev–Trinajstić information content (AvgIpc) is 2.80. The van der Waals surface area contributed by atoms with Gasteiger partial charge in [0.15, 0.2) is 0 Å². The van der Waals surface area contributed by atoms with E-state index in [1.54, 1.807) is 6.08 Å². The summed E-state index contributed by atoms with van der Waals surface area (Å²) in [7, 11) is 0. The SMILES string of the molecule is C=C1C(=CC#N)C[C@@]2(C)CC[C@H]3[C@@H](CC[C@]4(O)C[C@@H](O)CC[C@]34C)[C@H]12. The highest BCUT2D eigenvalue weighted by atomic mass is 16.3. The van der Waals surface area contributed by atoms with Crippen LogP contribution in [0.4, 0.5) is 0 Å². The van der Waals surface area contributed by atoms with Crippen LogP contribution in [0.3, 0.4) is 0 Å². The first-order chi connectivity index (χ1) is 11.7. The Labute approximate surface area is 151 Å². The van der Waals surface area contributed by atoms with Crippen LogP contribution in [-0.4, -0.2) is 21.9 Å². The number of fused-ring (bicyclic) bond motifs is 5. The quantitative estimate of drug-likeness (QED) is 0.651. The summed E-state index contributed by atoms with van der Waals surface area (Å²) in [5.74, 6) is 1.49. The third-order valence-electron chi connectivity index (χ3n) is 8.69. The van der Waals surface area contributed by atoms with Crippen molar-refractivity contribution in [3.63, 3.8) is 0 Å². The molecule has 136 valence electrons. The molecule has 0 aromatic heterocycles. The van der Waals surface area contributed by atoms with Crippen molar-refractivity contribution in [3.8, 4) is 6.07 Å². The fourth-order valence-corrected chi connectivity index (χ4v) is 7.36. The molecule has 0 saturated heterocycles. The summed E-state index contributed by atoms with van der Waals surface area (Å²) in [5, 5.41) is 30.7. The van der Waals surface area contributed by atoms with Crippen LogP contribution in [0.25, 0.3) is 0 Å². The van der Waals surface area contributed by atoms with Crippen LogP contribution < -0.4 is 0 Å². The van der Waals surface area contributed by atoms with Gasteiger partial charge in [0.25, 0.3) is 0 Å². The molecule has 3 heteroatoms. The van der Waals surface area contributed by atoms with Gasteiger partial charge in [-0.1, -0.05) is 20.4 Å². The molecule has 0 radical (unpaired) electrons. The third kappa shape index (κ3) is 2.23. The maximum Gasteiger partial charge on any atom is 0.0915 e. The van der Waals surface area contributed by atoms with Crippen molar-refractivity contribution in [2.45, 2.75) is 76.9 Å². The molecule has 4 saturated carbocycles. The van der Waals surface area contributed by atoms with Gasteiger partial charge >= 0.3 is 0 Å². The molecule has 2 N–H and O–H groups in total. The zero-order valence-corrected chi connectivity index (χ0v) is 15.6. The van der Waals surface area contributed by atoms with Crippen LogP contribution in [-0.2, 0) is 0 Å². The molecule has 3 nitrogen and oxygen atoms in total. The molecule has 25 heavy (non-hydrogen) atoms. The Balaban J connectivity index is 1.71. The molecule has 0 aliphatic heterocycles. The van der Waals surface area contributed by atoms with E-state index in [1.165, 1.54) is 5.57 Å². The summed E-state index contributed by atoms with van der Waals surface area (Å²) in [6, 6.07) is 2.21. The largest absolute Gasteiger partial charge is 0.393 e. The summed E-state index contributed by atoms with van der Waals surface area (Å²) in [6.07, 6.45) is 8.71. The molecule has 4 fully saturated rings. The van der Waals surface area contributed by atoms with E-state index < -0.39 is 5.60 Å². The van der Waals surface area contributed by atoms with Crippen LogP contribution >= 0.6 is 0 Å². The number of nitriles is 1. The van der Waals surface area contributed by atoms with E-state index in [1.807, 2.05) is 0 Å². The van der Waals surface area contributed by atoms with Crippen LogP contribution in [0.15, 0.2) is 23.8 Å². The normalized spacial score (nSPS) is 53.7. The molecule has 4 rings (SSSR count). The standard InChI is InChI=1S/C22H31NO2/c1-14-15(7-11-23)12-20(2)8-6-18-17(19(14)20)5-10-22(25)13-16(24)4-9-21(18,22)3/h7,16-19,24-25H,1,4-6,8-10,12-13H2,2-3H3/t16-,17+,18-,19-,20+,21+,22-/m0/s1. The first-order valence-corrected chi connectivity index (χ1v) is 9.92. The Hall–Kier alpha value is -1.11. The highest BCUT2D eigenvalue weighted by Gasteiger charge is 2.64. The molecular formula is C22H31NO2. The van der Waals surface area contributed by atoms with Crippen molar-refractivity contribution >= 4 is 0 Å². The number of nitrogens with zero attached hydrogens (tertiary/aromatic N) is 1. The molecule has 0 aromatic rings. The lowest BCUT2D eigenvalue weighted by atomic mass is 9.43. The first kappa shape index (κ1) is 17.3. The van der Waals surface area contributed by atoms with Gasteiger partial charge in [0.1, 0.15) is 0 Å². The topological polar surface area (TPSA) is 64.2 Å². The summed E-state index contributed by atoms with van der Waals surface area (Å²) >= 11 is 0. The van der Waals surface area contributed by atoms with Gasteiger partial charge in [-0.05, 0) is 84.7 Å². The fraction of sp³-hybridized carbons (Fsp3) is 0.773. The number of aliphatic hydroxyl groups is 2. The van der Waals surface area contributed by atoms with E-state index in [2.05, 4.69) is 26.5 Å². The lowest BCUT2D eigenvalue weighted by molar-refractivity contribution is -0.215. The number of rotatable bonds is 0. The molecule has 0 bridgehead atoms. The van der Waals surface area contributed by atoms with Gasteiger partial charge in [-0.15, -0.1) is 0 Å². The number of aliphatic hydroxyl groups excluding tert-OH is 1. The molecule has 0 amide bonds. The monoisotopic (exact) mass is 341 g/mol. The van der Waals surface area contributed by atoms with E-state index >= 15 is 0 Å². The van der Waals surface area contributed by atoms with Gasteiger partial charge in [-0.2, -0.15) is 5.26 Å². The smallest absolute Gasteiger partial charge is 0.0915 e. The van der Waals surface area contributed by atoms with Crippen molar-refractivity contribution < 1.29 is 10.2 Å². The van der Waals surface area contributed by atoms with Crippen molar-refractivity contribution in [2.24, 2.45) is 28.6 Å². The summed E-state index contributed by atoms with van der Waals surface area (Å²) in [5.41, 5.74) is 1.74. The Morgan fingerprint density at radius 2 is 1.96 bits per heavy atom. The lowest BCUT2D eigenvalue weighted by Gasteiger charge is -2.63. The molecule has 0 unspecified atom stereocenters. The highest BCUT2D eigenvalue weighted by Crippen LogP contribution is 2.68. The molecule has 0 heterocycles. The molecular weight excluding hydrogens is 310 g/mol. The van der Waals surface area contributed by atoms with Gasteiger partial charge < -0.3 is 10.2 Å². The van der Waals surface area contributed by atoms with Crippen LogP contribution in [0.1, 0.15) is 65.2 Å². The van der Waals surface area contributed by atoms with Gasteiger partial charge in [-0.3, -0.25) is 0 Å². The molecule has 4 aliphatic carbocycles. The predicted molar refractivity (Wildman–Crippen MR) is 97.4 cm³/mol. The second-order valence-corrected chi connectivity index (χ2v) is 9.83. The number of hydrogen-bond donors (Lipinski definition) is 2. The van der Waals surface area contributed by atoms with Crippen LogP contribution in [0.2, 0.25) is 0 Å². The molecule has 0 spiro atoms. The number of allylic oxidation sites excluding steroid dienone is 3. The summed E-state index contributed by atoms with van der Waals surface area (Å²) in [4.78, 5) is 0. The first-order valence-electron chi connectivity index (χ1n) is 9.92. The average molecular weight is 341 g/mol. The van der Waals surface area contributed by atoms with Crippen molar-refractivity contribution in [2.75, 3.05) is 0 Å². The zero-order valence-electron chi connectivity index (χ0n) is 15.6. The van der Waals surface area contributed by atoms with Gasteiger partial charge in [-0.25, -0.2) is 0 Å². The van der Waals surface area contributed by atoms with E-state index in [9.17, 15) is 10.2 Å². The Morgan fingerprint density at radius 1 is 1.20 bits per heavy atom. The second kappa shape index (κ2) is 5.44. The van der Waals surface area contributed by atoms with Gasteiger partial charge in [0, 0.05) is 12.5 Å². The highest BCUT2D eigenvalue weighted by molar-refractivity contribution is 5.43. The fourth-order valence-electron chi connectivity index (χ4n) is 7.36. The third-order valence-corrected chi connectivity index (χ3v) is 8.69. The molecule has 4 aliphatic rings. The maximum absolute atomic E-state index is 11.4. The van der Waals surface area contributed by atoms with E-state index in [4.69, 9.17) is 5.26 Å². The molecule has 7 atom stereocenters. The van der Waals surface area contributed by atoms with Crippen molar-refractivity contribution in [3.05, 3.63) is 23.8 Å². The van der Waals surface area contributed by atoms with E-state index in [0.29, 0.717) is 24.2 Å². The van der Waals surface area contributed by atoms with E-state index in [-0.39, 0.29) is 16.9 Å². The van der Waals surface area contributed by atoms with Crippen LogP contribution in [0, 0.1) is 39.9 Å². The van der Waals surface area contributed by atoms with E-state index in [0.717, 1.165) is 50.5 Å². The van der Waals surface area contributed by atoms with Crippen LogP contribution in [0.5, 0.6) is 0 Å². The second-order valence-electron chi connectivity index (χ2n) is 9.83. The zero-order chi connectivity index (χ0) is 18.0. The summed E-state index contributed by atoms with van der Waals surface area (Å²) in [6.45, 7) is 9.07. The van der Waals surface area contributed by atoms with Crippen molar-refractivity contribution in [1.29, 1.82) is 5.26 Å². The maximum atomic E-state index is 11.4.